The molecule has 0 radical (unpaired) electrons. The van der Waals surface area contributed by atoms with Crippen molar-refractivity contribution in [3.05, 3.63) is 47.5 Å². The predicted octanol–water partition coefficient (Wildman–Crippen LogP) is 4.18. The summed E-state index contributed by atoms with van der Waals surface area (Å²) in [7, 11) is 0. The normalized spacial score (nSPS) is 13.3. The highest BCUT2D eigenvalue weighted by Gasteiger charge is 2.13. The molecule has 2 aromatic rings. The molecular weight excluding hydrogens is 282 g/mol. The fourth-order valence-corrected chi connectivity index (χ4v) is 3.19. The molecule has 0 unspecified atom stereocenters. The van der Waals surface area contributed by atoms with E-state index in [1.807, 2.05) is 43.3 Å². The first-order valence-electron chi connectivity index (χ1n) is 6.85. The second-order valence-electron chi connectivity index (χ2n) is 4.82. The first-order chi connectivity index (χ1) is 10.3. The van der Waals surface area contributed by atoms with Crippen molar-refractivity contribution in [3.63, 3.8) is 0 Å². The van der Waals surface area contributed by atoms with Crippen LogP contribution in [0.5, 0.6) is 11.5 Å². The van der Waals surface area contributed by atoms with Gasteiger partial charge in [-0.15, -0.1) is 0 Å². The maximum atomic E-state index is 9.24. The van der Waals surface area contributed by atoms with E-state index in [1.54, 1.807) is 11.8 Å². The molecule has 0 fully saturated rings. The molecule has 0 N–H and O–H groups in total. The molecule has 3 nitrogen and oxygen atoms in total. The first kappa shape index (κ1) is 13.8. The number of ether oxygens (including phenoxy) is 2. The third-order valence-corrected chi connectivity index (χ3v) is 4.51. The van der Waals surface area contributed by atoms with Crippen LogP contribution < -0.4 is 9.47 Å². The Bertz CT molecular complexity index is 706. The molecule has 4 heteroatoms. The van der Waals surface area contributed by atoms with Gasteiger partial charge in [0.1, 0.15) is 6.07 Å². The molecule has 0 saturated heterocycles. The summed E-state index contributed by atoms with van der Waals surface area (Å²) < 4.78 is 11.3. The van der Waals surface area contributed by atoms with Gasteiger partial charge in [-0.25, -0.2) is 0 Å². The van der Waals surface area contributed by atoms with Crippen LogP contribution in [0.15, 0.2) is 46.2 Å². The molecule has 0 aliphatic carbocycles. The average Bonchev–Trinajstić information content (AvgIpc) is 2.74. The largest absolute Gasteiger partial charge is 0.490 e. The molecule has 1 heterocycles. The summed E-state index contributed by atoms with van der Waals surface area (Å²) in [6, 6.07) is 14.0. The lowest BCUT2D eigenvalue weighted by atomic mass is 10.1. The van der Waals surface area contributed by atoms with Crippen LogP contribution in [0.4, 0.5) is 0 Å². The summed E-state index contributed by atoms with van der Waals surface area (Å²) in [6.45, 7) is 3.39. The lowest BCUT2D eigenvalue weighted by Crippen LogP contribution is -1.97. The monoisotopic (exact) mass is 297 g/mol. The SMILES string of the molecule is Cc1cccc(C#N)c1Sc1ccc2c(c1)OCCCO2. The van der Waals surface area contributed by atoms with Gasteiger partial charge < -0.3 is 9.47 Å². The van der Waals surface area contributed by atoms with Gasteiger partial charge >= 0.3 is 0 Å². The van der Waals surface area contributed by atoms with E-state index >= 15 is 0 Å². The highest BCUT2D eigenvalue weighted by Crippen LogP contribution is 2.38. The summed E-state index contributed by atoms with van der Waals surface area (Å²) in [4.78, 5) is 2.04. The van der Waals surface area contributed by atoms with Crippen molar-refractivity contribution in [1.29, 1.82) is 5.26 Å². The zero-order valence-electron chi connectivity index (χ0n) is 11.8. The number of rotatable bonds is 2. The third kappa shape index (κ3) is 2.98. The Morgan fingerprint density at radius 1 is 1.10 bits per heavy atom. The van der Waals surface area contributed by atoms with Gasteiger partial charge in [-0.05, 0) is 36.8 Å². The number of hydrogen-bond donors (Lipinski definition) is 0. The van der Waals surface area contributed by atoms with Gasteiger partial charge in [0.15, 0.2) is 11.5 Å². The van der Waals surface area contributed by atoms with Crippen molar-refractivity contribution < 1.29 is 9.47 Å². The Hall–Kier alpha value is -2.12. The molecule has 0 amide bonds. The fourth-order valence-electron chi connectivity index (χ4n) is 2.20. The van der Waals surface area contributed by atoms with Gasteiger partial charge in [-0.2, -0.15) is 5.26 Å². The van der Waals surface area contributed by atoms with Gasteiger partial charge in [0.25, 0.3) is 0 Å². The summed E-state index contributed by atoms with van der Waals surface area (Å²) in [5.41, 5.74) is 1.80. The molecule has 1 aliphatic heterocycles. The van der Waals surface area contributed by atoms with Crippen molar-refractivity contribution in [2.45, 2.75) is 23.1 Å². The maximum Gasteiger partial charge on any atom is 0.162 e. The quantitative estimate of drug-likeness (QED) is 0.834. The minimum atomic E-state index is 0.676. The molecular formula is C17H15NO2S. The number of nitriles is 1. The molecule has 0 saturated carbocycles. The van der Waals surface area contributed by atoms with E-state index < -0.39 is 0 Å². The Morgan fingerprint density at radius 2 is 1.90 bits per heavy atom. The van der Waals surface area contributed by atoms with Crippen molar-refractivity contribution >= 4 is 11.8 Å². The Labute approximate surface area is 128 Å². The van der Waals surface area contributed by atoms with Crippen LogP contribution >= 0.6 is 11.8 Å². The van der Waals surface area contributed by atoms with Gasteiger partial charge in [-0.1, -0.05) is 23.9 Å². The Balaban J connectivity index is 1.93. The molecule has 1 aliphatic rings. The van der Waals surface area contributed by atoms with E-state index in [4.69, 9.17) is 9.47 Å². The molecule has 106 valence electrons. The van der Waals surface area contributed by atoms with Crippen LogP contribution in [0, 0.1) is 18.3 Å². The van der Waals surface area contributed by atoms with Crippen LogP contribution in [-0.2, 0) is 0 Å². The summed E-state index contributed by atoms with van der Waals surface area (Å²) in [6.07, 6.45) is 0.896. The van der Waals surface area contributed by atoms with Crippen LogP contribution in [0.2, 0.25) is 0 Å². The van der Waals surface area contributed by atoms with Gasteiger partial charge in [0, 0.05) is 16.2 Å². The molecule has 21 heavy (non-hydrogen) atoms. The third-order valence-electron chi connectivity index (χ3n) is 3.27. The van der Waals surface area contributed by atoms with Gasteiger partial charge in [0.2, 0.25) is 0 Å². The second-order valence-corrected chi connectivity index (χ2v) is 5.91. The van der Waals surface area contributed by atoms with Crippen molar-refractivity contribution in [3.8, 4) is 17.6 Å². The number of benzene rings is 2. The average molecular weight is 297 g/mol. The van der Waals surface area contributed by atoms with E-state index in [0.717, 1.165) is 33.3 Å². The van der Waals surface area contributed by atoms with Gasteiger partial charge in [-0.3, -0.25) is 0 Å². The van der Waals surface area contributed by atoms with Crippen molar-refractivity contribution in [2.24, 2.45) is 0 Å². The zero-order chi connectivity index (χ0) is 14.7. The van der Waals surface area contributed by atoms with E-state index in [0.29, 0.717) is 18.8 Å². The lowest BCUT2D eigenvalue weighted by Gasteiger charge is -2.11. The van der Waals surface area contributed by atoms with E-state index in [1.165, 1.54) is 0 Å². The van der Waals surface area contributed by atoms with Crippen LogP contribution in [0.25, 0.3) is 0 Å². The number of hydrogen-bond acceptors (Lipinski definition) is 4. The minimum Gasteiger partial charge on any atom is -0.490 e. The van der Waals surface area contributed by atoms with Crippen molar-refractivity contribution in [2.75, 3.05) is 13.2 Å². The topological polar surface area (TPSA) is 42.2 Å². The number of nitrogens with zero attached hydrogens (tertiary/aromatic N) is 1. The van der Waals surface area contributed by atoms with Crippen molar-refractivity contribution in [1.82, 2.24) is 0 Å². The molecule has 0 bridgehead atoms. The molecule has 0 spiro atoms. The van der Waals surface area contributed by atoms with Crippen LogP contribution in [-0.4, -0.2) is 13.2 Å². The minimum absolute atomic E-state index is 0.676. The highest BCUT2D eigenvalue weighted by molar-refractivity contribution is 7.99. The fraction of sp³-hybridized carbons (Fsp3) is 0.235. The zero-order valence-corrected chi connectivity index (χ0v) is 12.6. The molecule has 0 atom stereocenters. The smallest absolute Gasteiger partial charge is 0.162 e. The number of fused-ring (bicyclic) bond motifs is 1. The van der Waals surface area contributed by atoms with E-state index in [2.05, 4.69) is 6.07 Å². The van der Waals surface area contributed by atoms with E-state index in [9.17, 15) is 5.26 Å². The Kier molecular flexibility index (Phi) is 4.03. The summed E-state index contributed by atoms with van der Waals surface area (Å²) in [5, 5.41) is 9.24. The summed E-state index contributed by atoms with van der Waals surface area (Å²) in [5.74, 6) is 1.58. The Morgan fingerprint density at radius 3 is 2.71 bits per heavy atom. The van der Waals surface area contributed by atoms with Crippen LogP contribution in [0.3, 0.4) is 0 Å². The highest BCUT2D eigenvalue weighted by atomic mass is 32.2. The van der Waals surface area contributed by atoms with Crippen LogP contribution in [0.1, 0.15) is 17.5 Å². The predicted molar refractivity (Wildman–Crippen MR) is 82.1 cm³/mol. The first-order valence-corrected chi connectivity index (χ1v) is 7.67. The number of aryl methyl sites for hydroxylation is 1. The summed E-state index contributed by atoms with van der Waals surface area (Å²) >= 11 is 1.59. The second kappa shape index (κ2) is 6.11. The lowest BCUT2D eigenvalue weighted by molar-refractivity contribution is 0.297. The molecule has 0 aromatic heterocycles. The molecule has 3 rings (SSSR count). The maximum absolute atomic E-state index is 9.24. The molecule has 2 aromatic carbocycles. The standard InChI is InChI=1S/C17H15NO2S/c1-12-4-2-5-13(11-18)17(12)21-14-6-7-15-16(10-14)20-9-3-8-19-15/h2,4-7,10H,3,8-9H2,1H3. The van der Waals surface area contributed by atoms with E-state index in [-0.39, 0.29) is 0 Å². The van der Waals surface area contributed by atoms with Gasteiger partial charge in [0.05, 0.1) is 18.8 Å².